The first kappa shape index (κ1) is 16.6. The van der Waals surface area contributed by atoms with E-state index in [9.17, 15) is 9.18 Å². The highest BCUT2D eigenvalue weighted by atomic mass is 19.1. The van der Waals surface area contributed by atoms with Crippen LogP contribution in [0.2, 0.25) is 0 Å². The number of rotatable bonds is 5. The van der Waals surface area contributed by atoms with Crippen LogP contribution in [0.15, 0.2) is 60.7 Å². The van der Waals surface area contributed by atoms with Gasteiger partial charge >= 0.3 is 0 Å². The average molecular weight is 337 g/mol. The van der Waals surface area contributed by atoms with Gasteiger partial charge in [0.25, 0.3) is 0 Å². The zero-order valence-electron chi connectivity index (χ0n) is 13.6. The van der Waals surface area contributed by atoms with Crippen molar-refractivity contribution in [3.05, 3.63) is 77.7 Å². The number of nitrogens with one attached hydrogen (secondary N) is 1. The maximum Gasteiger partial charge on any atom is 0.238 e. The lowest BCUT2D eigenvalue weighted by Crippen LogP contribution is -2.14. The van der Waals surface area contributed by atoms with E-state index in [0.717, 1.165) is 11.3 Å². The Morgan fingerprint density at radius 1 is 1.00 bits per heavy atom. The molecule has 25 heavy (non-hydrogen) atoms. The van der Waals surface area contributed by atoms with E-state index in [0.29, 0.717) is 17.3 Å². The number of amides is 1. The number of halogens is 1. The van der Waals surface area contributed by atoms with Crippen LogP contribution in [0.3, 0.4) is 0 Å². The van der Waals surface area contributed by atoms with Gasteiger partial charge in [-0.3, -0.25) is 4.79 Å². The normalized spacial score (nSPS) is 10.3. The molecule has 0 aliphatic rings. The maximum absolute atomic E-state index is 12.9. The molecular formula is C19H16FN3O2. The molecule has 3 aromatic rings. The molecule has 1 N–H and O–H groups in total. The summed E-state index contributed by atoms with van der Waals surface area (Å²) in [6.45, 7) is 1.85. The molecule has 0 saturated heterocycles. The summed E-state index contributed by atoms with van der Waals surface area (Å²) in [5.74, 6) is 0.496. The van der Waals surface area contributed by atoms with Gasteiger partial charge in [-0.15, -0.1) is 5.10 Å². The van der Waals surface area contributed by atoms with Crippen LogP contribution < -0.4 is 10.1 Å². The molecule has 0 atom stereocenters. The third-order valence-corrected chi connectivity index (χ3v) is 3.41. The molecule has 6 heteroatoms. The van der Waals surface area contributed by atoms with Crippen LogP contribution in [0.25, 0.3) is 0 Å². The molecule has 126 valence electrons. The number of aromatic nitrogens is 2. The van der Waals surface area contributed by atoms with Crippen molar-refractivity contribution in [2.45, 2.75) is 13.3 Å². The highest BCUT2D eigenvalue weighted by molar-refractivity contribution is 5.92. The van der Waals surface area contributed by atoms with Gasteiger partial charge in [0.2, 0.25) is 11.8 Å². The molecule has 0 spiro atoms. The lowest BCUT2D eigenvalue weighted by Gasteiger charge is -2.07. The van der Waals surface area contributed by atoms with Gasteiger partial charge in [-0.1, -0.05) is 12.1 Å². The van der Waals surface area contributed by atoms with E-state index >= 15 is 0 Å². The molecule has 0 aliphatic heterocycles. The third-order valence-electron chi connectivity index (χ3n) is 3.41. The topological polar surface area (TPSA) is 64.1 Å². The molecule has 5 nitrogen and oxygen atoms in total. The fraction of sp³-hybridized carbons (Fsp3) is 0.105. The van der Waals surface area contributed by atoms with Gasteiger partial charge in [-0.05, 0) is 55.0 Å². The number of hydrogen-bond donors (Lipinski definition) is 1. The largest absolute Gasteiger partial charge is 0.438 e. The minimum absolute atomic E-state index is 0.176. The predicted octanol–water partition coefficient (Wildman–Crippen LogP) is 3.90. The molecular weight excluding hydrogens is 321 g/mol. The van der Waals surface area contributed by atoms with Gasteiger partial charge in [-0.2, -0.15) is 5.10 Å². The molecule has 1 aromatic heterocycles. The van der Waals surface area contributed by atoms with Crippen molar-refractivity contribution in [1.29, 1.82) is 0 Å². The summed E-state index contributed by atoms with van der Waals surface area (Å²) in [6.07, 6.45) is 0.178. The third kappa shape index (κ3) is 4.84. The summed E-state index contributed by atoms with van der Waals surface area (Å²) in [6, 6.07) is 16.3. The minimum atomic E-state index is -0.321. The lowest BCUT2D eigenvalue weighted by molar-refractivity contribution is -0.115. The van der Waals surface area contributed by atoms with Crippen molar-refractivity contribution < 1.29 is 13.9 Å². The fourth-order valence-corrected chi connectivity index (χ4v) is 2.16. The number of carbonyl (C=O) groups excluding carboxylic acids is 1. The van der Waals surface area contributed by atoms with E-state index in [-0.39, 0.29) is 18.1 Å². The summed E-state index contributed by atoms with van der Waals surface area (Å²) in [5.41, 5.74) is 2.21. The number of benzene rings is 2. The molecule has 1 heterocycles. The fourth-order valence-electron chi connectivity index (χ4n) is 2.16. The Hall–Kier alpha value is -3.28. The van der Waals surface area contributed by atoms with Gasteiger partial charge in [-0.25, -0.2) is 4.39 Å². The first-order valence-corrected chi connectivity index (χ1v) is 7.71. The summed E-state index contributed by atoms with van der Waals surface area (Å²) in [7, 11) is 0. The van der Waals surface area contributed by atoms with Crippen molar-refractivity contribution in [2.24, 2.45) is 0 Å². The molecule has 1 amide bonds. The quantitative estimate of drug-likeness (QED) is 0.767. The van der Waals surface area contributed by atoms with Crippen molar-refractivity contribution in [2.75, 3.05) is 5.32 Å². The van der Waals surface area contributed by atoms with E-state index < -0.39 is 0 Å². The number of anilines is 1. The van der Waals surface area contributed by atoms with Gasteiger partial charge in [0, 0.05) is 11.8 Å². The van der Waals surface area contributed by atoms with Crippen molar-refractivity contribution in [3.63, 3.8) is 0 Å². The van der Waals surface area contributed by atoms with Crippen LogP contribution in [0.1, 0.15) is 11.3 Å². The molecule has 3 rings (SSSR count). The average Bonchev–Trinajstić information content (AvgIpc) is 2.61. The monoisotopic (exact) mass is 337 g/mol. The summed E-state index contributed by atoms with van der Waals surface area (Å²) >= 11 is 0. The van der Waals surface area contributed by atoms with Crippen molar-refractivity contribution in [1.82, 2.24) is 10.2 Å². The zero-order valence-corrected chi connectivity index (χ0v) is 13.6. The Morgan fingerprint density at radius 3 is 2.36 bits per heavy atom. The van der Waals surface area contributed by atoms with Gasteiger partial charge in [0.05, 0.1) is 12.1 Å². The molecule has 0 saturated carbocycles. The second kappa shape index (κ2) is 7.53. The van der Waals surface area contributed by atoms with Gasteiger partial charge < -0.3 is 10.1 Å². The summed E-state index contributed by atoms with van der Waals surface area (Å²) in [5, 5.41) is 10.6. The van der Waals surface area contributed by atoms with Crippen LogP contribution in [0.4, 0.5) is 10.1 Å². The van der Waals surface area contributed by atoms with Gasteiger partial charge in [0.1, 0.15) is 11.6 Å². The number of ether oxygens (including phenoxy) is 1. The number of aryl methyl sites for hydroxylation is 1. The Bertz CT molecular complexity index is 847. The predicted molar refractivity (Wildman–Crippen MR) is 92.0 cm³/mol. The Morgan fingerprint density at radius 2 is 1.72 bits per heavy atom. The standard InChI is InChI=1S/C19H16FN3O2/c1-13-2-11-19(23-22-13)25-17-9-7-16(8-10-17)21-18(24)12-14-3-5-15(20)6-4-14/h2-11H,12H2,1H3,(H,21,24). The second-order valence-electron chi connectivity index (χ2n) is 5.49. The molecule has 0 radical (unpaired) electrons. The van der Waals surface area contributed by atoms with Crippen molar-refractivity contribution in [3.8, 4) is 11.6 Å². The Labute approximate surface area is 144 Å². The van der Waals surface area contributed by atoms with E-state index in [1.54, 1.807) is 42.5 Å². The Balaban J connectivity index is 1.57. The zero-order chi connectivity index (χ0) is 17.6. The number of hydrogen-bond acceptors (Lipinski definition) is 4. The van der Waals surface area contributed by atoms with Crippen LogP contribution in [0, 0.1) is 12.7 Å². The van der Waals surface area contributed by atoms with Crippen LogP contribution in [-0.2, 0) is 11.2 Å². The van der Waals surface area contributed by atoms with Crippen LogP contribution in [-0.4, -0.2) is 16.1 Å². The van der Waals surface area contributed by atoms with Crippen LogP contribution >= 0.6 is 0 Å². The molecule has 0 bridgehead atoms. The van der Waals surface area contributed by atoms with E-state index in [1.807, 2.05) is 13.0 Å². The van der Waals surface area contributed by atoms with E-state index in [4.69, 9.17) is 4.74 Å². The highest BCUT2D eigenvalue weighted by Gasteiger charge is 2.05. The van der Waals surface area contributed by atoms with E-state index in [2.05, 4.69) is 15.5 Å². The van der Waals surface area contributed by atoms with E-state index in [1.165, 1.54) is 12.1 Å². The first-order valence-electron chi connectivity index (χ1n) is 7.71. The smallest absolute Gasteiger partial charge is 0.238 e. The molecule has 0 aliphatic carbocycles. The SMILES string of the molecule is Cc1ccc(Oc2ccc(NC(=O)Cc3ccc(F)cc3)cc2)nn1. The van der Waals surface area contributed by atoms with Gasteiger partial charge in [0.15, 0.2) is 0 Å². The molecule has 0 fully saturated rings. The van der Waals surface area contributed by atoms with Crippen LogP contribution in [0.5, 0.6) is 11.6 Å². The highest BCUT2D eigenvalue weighted by Crippen LogP contribution is 2.21. The molecule has 0 unspecified atom stereocenters. The number of carbonyl (C=O) groups is 1. The first-order chi connectivity index (χ1) is 12.1. The Kier molecular flexibility index (Phi) is 4.99. The minimum Gasteiger partial charge on any atom is -0.438 e. The molecule has 2 aromatic carbocycles. The summed E-state index contributed by atoms with van der Waals surface area (Å²) < 4.78 is 18.4. The second-order valence-corrected chi connectivity index (χ2v) is 5.49. The maximum atomic E-state index is 12.9. The number of nitrogens with zero attached hydrogens (tertiary/aromatic N) is 2. The lowest BCUT2D eigenvalue weighted by atomic mass is 10.1. The van der Waals surface area contributed by atoms with Crippen molar-refractivity contribution >= 4 is 11.6 Å². The summed E-state index contributed by atoms with van der Waals surface area (Å²) in [4.78, 5) is 12.0.